The van der Waals surface area contributed by atoms with Crippen LogP contribution in [0.15, 0.2) is 42.0 Å². The van der Waals surface area contributed by atoms with Gasteiger partial charge in [0.05, 0.1) is 19.2 Å². The van der Waals surface area contributed by atoms with E-state index < -0.39 is 0 Å². The van der Waals surface area contributed by atoms with Crippen molar-refractivity contribution in [3.8, 4) is 5.88 Å². The Morgan fingerprint density at radius 1 is 1.30 bits per heavy atom. The number of carbonyl (C=O) groups excluding carboxylic acids is 1. The first-order chi connectivity index (χ1) is 9.78. The highest BCUT2D eigenvalue weighted by Crippen LogP contribution is 2.26. The SMILES string of the molecule is COc1cc(CC(=O)c2csc3ccccc23)ncn1. The maximum atomic E-state index is 12.4. The van der Waals surface area contributed by atoms with Crippen LogP contribution in [0.3, 0.4) is 0 Å². The Kier molecular flexibility index (Phi) is 3.43. The fraction of sp³-hybridized carbons (Fsp3) is 0.133. The third-order valence-corrected chi connectivity index (χ3v) is 3.99. The fourth-order valence-corrected chi connectivity index (χ4v) is 3.00. The second-order valence-corrected chi connectivity index (χ2v) is 5.21. The molecule has 0 aliphatic carbocycles. The number of methoxy groups -OCH3 is 1. The van der Waals surface area contributed by atoms with Gasteiger partial charge in [-0.2, -0.15) is 0 Å². The lowest BCUT2D eigenvalue weighted by molar-refractivity contribution is 0.0994. The van der Waals surface area contributed by atoms with Crippen molar-refractivity contribution in [2.24, 2.45) is 0 Å². The van der Waals surface area contributed by atoms with Gasteiger partial charge in [-0.15, -0.1) is 11.3 Å². The molecular formula is C15H12N2O2S. The molecule has 0 unspecified atom stereocenters. The highest BCUT2D eigenvalue weighted by molar-refractivity contribution is 7.17. The van der Waals surface area contributed by atoms with Crippen LogP contribution in [-0.2, 0) is 6.42 Å². The number of rotatable bonds is 4. The van der Waals surface area contributed by atoms with E-state index in [-0.39, 0.29) is 12.2 Å². The minimum absolute atomic E-state index is 0.0585. The second kappa shape index (κ2) is 5.38. The number of Topliss-reactive ketones (excluding diaryl/α,β-unsaturated/α-hetero) is 1. The lowest BCUT2D eigenvalue weighted by atomic mass is 10.1. The first kappa shape index (κ1) is 12.7. The van der Waals surface area contributed by atoms with Crippen LogP contribution in [0, 0.1) is 0 Å². The van der Waals surface area contributed by atoms with E-state index in [1.54, 1.807) is 24.5 Å². The van der Waals surface area contributed by atoms with E-state index in [4.69, 9.17) is 4.74 Å². The van der Waals surface area contributed by atoms with Gasteiger partial charge in [0.1, 0.15) is 6.33 Å². The Hall–Kier alpha value is -2.27. The third kappa shape index (κ3) is 2.40. The topological polar surface area (TPSA) is 52.1 Å². The van der Waals surface area contributed by atoms with Crippen LogP contribution >= 0.6 is 11.3 Å². The number of ether oxygens (including phenoxy) is 1. The molecule has 4 nitrogen and oxygen atoms in total. The van der Waals surface area contributed by atoms with Crippen LogP contribution in [0.4, 0.5) is 0 Å². The van der Waals surface area contributed by atoms with Crippen molar-refractivity contribution in [3.63, 3.8) is 0 Å². The smallest absolute Gasteiger partial charge is 0.216 e. The molecule has 3 aromatic rings. The maximum Gasteiger partial charge on any atom is 0.216 e. The van der Waals surface area contributed by atoms with Crippen molar-refractivity contribution in [1.82, 2.24) is 9.97 Å². The molecule has 0 saturated carbocycles. The minimum atomic E-state index is 0.0585. The van der Waals surface area contributed by atoms with Gasteiger partial charge in [0, 0.05) is 27.1 Å². The predicted octanol–water partition coefficient (Wildman–Crippen LogP) is 3.13. The van der Waals surface area contributed by atoms with Crippen LogP contribution < -0.4 is 4.74 Å². The molecule has 0 amide bonds. The lowest BCUT2D eigenvalue weighted by Gasteiger charge is -2.02. The number of aromatic nitrogens is 2. The molecule has 100 valence electrons. The molecular weight excluding hydrogens is 272 g/mol. The number of benzene rings is 1. The number of fused-ring (bicyclic) bond motifs is 1. The summed E-state index contributed by atoms with van der Waals surface area (Å²) in [5.74, 6) is 0.529. The van der Waals surface area contributed by atoms with E-state index in [0.29, 0.717) is 11.6 Å². The van der Waals surface area contributed by atoms with Gasteiger partial charge >= 0.3 is 0 Å². The number of thiophene rings is 1. The molecule has 0 aliphatic rings. The summed E-state index contributed by atoms with van der Waals surface area (Å²) < 4.78 is 6.16. The molecule has 0 saturated heterocycles. The molecule has 1 aromatic carbocycles. The van der Waals surface area contributed by atoms with E-state index in [9.17, 15) is 4.79 Å². The molecule has 0 fully saturated rings. The third-order valence-electron chi connectivity index (χ3n) is 3.03. The van der Waals surface area contributed by atoms with Gasteiger partial charge in [0.25, 0.3) is 0 Å². The van der Waals surface area contributed by atoms with Crippen molar-refractivity contribution in [1.29, 1.82) is 0 Å². The van der Waals surface area contributed by atoms with Crippen molar-refractivity contribution in [2.75, 3.05) is 7.11 Å². The molecule has 0 atom stereocenters. The predicted molar refractivity (Wildman–Crippen MR) is 78.4 cm³/mol. The number of carbonyl (C=O) groups is 1. The van der Waals surface area contributed by atoms with Gasteiger partial charge in [-0.05, 0) is 6.07 Å². The highest BCUT2D eigenvalue weighted by atomic mass is 32.1. The van der Waals surface area contributed by atoms with Crippen LogP contribution in [0.1, 0.15) is 16.1 Å². The van der Waals surface area contributed by atoms with E-state index in [1.807, 2.05) is 29.6 Å². The van der Waals surface area contributed by atoms with Crippen LogP contribution in [0.25, 0.3) is 10.1 Å². The van der Waals surface area contributed by atoms with E-state index >= 15 is 0 Å². The van der Waals surface area contributed by atoms with E-state index in [0.717, 1.165) is 15.6 Å². The van der Waals surface area contributed by atoms with Gasteiger partial charge in [-0.25, -0.2) is 9.97 Å². The Morgan fingerprint density at radius 3 is 3.00 bits per heavy atom. The molecule has 3 rings (SSSR count). The van der Waals surface area contributed by atoms with Crippen molar-refractivity contribution >= 4 is 27.2 Å². The number of nitrogens with zero attached hydrogens (tertiary/aromatic N) is 2. The highest BCUT2D eigenvalue weighted by Gasteiger charge is 2.13. The summed E-state index contributed by atoms with van der Waals surface area (Å²) in [7, 11) is 1.54. The van der Waals surface area contributed by atoms with Gasteiger partial charge in [0.15, 0.2) is 5.78 Å². The number of ketones is 1. The molecule has 0 aliphatic heterocycles. The van der Waals surface area contributed by atoms with Gasteiger partial charge in [-0.1, -0.05) is 18.2 Å². The monoisotopic (exact) mass is 284 g/mol. The first-order valence-corrected chi connectivity index (χ1v) is 7.00. The van der Waals surface area contributed by atoms with Gasteiger partial charge < -0.3 is 4.74 Å². The summed E-state index contributed by atoms with van der Waals surface area (Å²) in [6, 6.07) is 9.60. The summed E-state index contributed by atoms with van der Waals surface area (Å²) in [6.07, 6.45) is 1.66. The Labute approximate surface area is 120 Å². The minimum Gasteiger partial charge on any atom is -0.481 e. The zero-order valence-electron chi connectivity index (χ0n) is 10.9. The average Bonchev–Trinajstić information content (AvgIpc) is 2.91. The van der Waals surface area contributed by atoms with Crippen molar-refractivity contribution < 1.29 is 9.53 Å². The average molecular weight is 284 g/mol. The molecule has 0 N–H and O–H groups in total. The number of hydrogen-bond acceptors (Lipinski definition) is 5. The summed E-state index contributed by atoms with van der Waals surface area (Å²) in [5, 5.41) is 2.91. The first-order valence-electron chi connectivity index (χ1n) is 6.12. The largest absolute Gasteiger partial charge is 0.481 e. The van der Waals surface area contributed by atoms with Crippen molar-refractivity contribution in [3.05, 3.63) is 53.3 Å². The number of hydrogen-bond donors (Lipinski definition) is 0. The Morgan fingerprint density at radius 2 is 2.15 bits per heavy atom. The normalized spacial score (nSPS) is 10.7. The zero-order valence-corrected chi connectivity index (χ0v) is 11.7. The summed E-state index contributed by atoms with van der Waals surface area (Å²) in [5.41, 5.74) is 1.42. The van der Waals surface area contributed by atoms with Gasteiger partial charge in [-0.3, -0.25) is 4.79 Å². The zero-order chi connectivity index (χ0) is 13.9. The standard InChI is InChI=1S/C15H12N2O2S/c1-19-15-7-10(16-9-17-15)6-13(18)12-8-20-14-5-3-2-4-11(12)14/h2-5,7-9H,6H2,1H3. The molecule has 2 aromatic heterocycles. The molecule has 2 heterocycles. The van der Waals surface area contributed by atoms with Crippen LogP contribution in [-0.4, -0.2) is 22.9 Å². The maximum absolute atomic E-state index is 12.4. The fourth-order valence-electron chi connectivity index (χ4n) is 2.04. The van der Waals surface area contributed by atoms with Crippen molar-refractivity contribution in [2.45, 2.75) is 6.42 Å². The van der Waals surface area contributed by atoms with E-state index in [2.05, 4.69) is 9.97 Å². The molecule has 0 bridgehead atoms. The molecule has 0 radical (unpaired) electrons. The Bertz CT molecular complexity index is 767. The lowest BCUT2D eigenvalue weighted by Crippen LogP contribution is -2.05. The summed E-state index contributed by atoms with van der Waals surface area (Å²) in [6.45, 7) is 0. The van der Waals surface area contributed by atoms with Crippen LogP contribution in [0.5, 0.6) is 5.88 Å². The summed E-state index contributed by atoms with van der Waals surface area (Å²) in [4.78, 5) is 20.4. The van der Waals surface area contributed by atoms with Crippen LogP contribution in [0.2, 0.25) is 0 Å². The van der Waals surface area contributed by atoms with Gasteiger partial charge in [0.2, 0.25) is 5.88 Å². The Balaban J connectivity index is 1.89. The quantitative estimate of drug-likeness (QED) is 0.691. The molecule has 0 spiro atoms. The molecule has 20 heavy (non-hydrogen) atoms. The van der Waals surface area contributed by atoms with E-state index in [1.165, 1.54) is 6.33 Å². The summed E-state index contributed by atoms with van der Waals surface area (Å²) >= 11 is 1.58. The molecule has 5 heteroatoms. The second-order valence-electron chi connectivity index (χ2n) is 4.30.